The van der Waals surface area contributed by atoms with Crippen LogP contribution in [0.4, 0.5) is 0 Å². The molecule has 32 heavy (non-hydrogen) atoms. The first-order valence-electron chi connectivity index (χ1n) is 10.9. The highest BCUT2D eigenvalue weighted by Gasteiger charge is 2.25. The second kappa shape index (κ2) is 8.85. The van der Waals surface area contributed by atoms with Gasteiger partial charge in [0.25, 0.3) is 0 Å². The number of likely N-dealkylation sites (tertiary alicyclic amines) is 1. The highest BCUT2D eigenvalue weighted by atomic mass is 35.5. The van der Waals surface area contributed by atoms with E-state index < -0.39 is 5.97 Å². The lowest BCUT2D eigenvalue weighted by atomic mass is 9.88. The first-order valence-corrected chi connectivity index (χ1v) is 11.3. The zero-order chi connectivity index (χ0) is 22.1. The molecular formula is C26H24ClN3O2. The number of benzene rings is 1. The highest BCUT2D eigenvalue weighted by molar-refractivity contribution is 6.30. The van der Waals surface area contributed by atoms with Gasteiger partial charge < -0.3 is 5.11 Å². The number of nitrogens with zero attached hydrogens (tertiary/aromatic N) is 3. The fourth-order valence-electron chi connectivity index (χ4n) is 4.79. The molecule has 1 saturated heterocycles. The molecule has 0 unspecified atom stereocenters. The van der Waals surface area contributed by atoms with Crippen LogP contribution in [-0.4, -0.2) is 39.0 Å². The van der Waals surface area contributed by atoms with Crippen molar-refractivity contribution in [2.45, 2.75) is 32.2 Å². The Hall–Kier alpha value is -3.02. The fraction of sp³-hybridized carbons (Fsp3) is 0.269. The van der Waals surface area contributed by atoms with Gasteiger partial charge in [-0.05, 0) is 72.7 Å². The number of fused-ring (bicyclic) bond motifs is 2. The molecule has 0 bridgehead atoms. The number of carboxylic acids is 1. The van der Waals surface area contributed by atoms with Crippen molar-refractivity contribution in [3.63, 3.8) is 0 Å². The van der Waals surface area contributed by atoms with Crippen LogP contribution in [0.25, 0.3) is 5.57 Å². The maximum atomic E-state index is 11.3. The van der Waals surface area contributed by atoms with E-state index in [2.05, 4.69) is 28.1 Å². The SMILES string of the molecule is O=C(O)c1ccnc(CN2CCC(=C3c4ccc(Cl)cc4CCc4cccnc43)CC2)c1. The molecule has 1 aliphatic carbocycles. The predicted molar refractivity (Wildman–Crippen MR) is 125 cm³/mol. The van der Waals surface area contributed by atoms with Gasteiger partial charge >= 0.3 is 5.97 Å². The Morgan fingerprint density at radius 3 is 2.59 bits per heavy atom. The predicted octanol–water partition coefficient (Wildman–Crippen LogP) is 5.02. The van der Waals surface area contributed by atoms with Crippen molar-refractivity contribution in [1.82, 2.24) is 14.9 Å². The number of aryl methyl sites for hydroxylation is 2. The van der Waals surface area contributed by atoms with E-state index in [9.17, 15) is 9.90 Å². The van der Waals surface area contributed by atoms with Gasteiger partial charge in [0.1, 0.15) is 0 Å². The number of hydrogen-bond acceptors (Lipinski definition) is 4. The quantitative estimate of drug-likeness (QED) is 0.612. The molecule has 5 nitrogen and oxygen atoms in total. The topological polar surface area (TPSA) is 66.3 Å². The van der Waals surface area contributed by atoms with Crippen LogP contribution in [0.3, 0.4) is 0 Å². The molecule has 2 aromatic heterocycles. The zero-order valence-electron chi connectivity index (χ0n) is 17.7. The lowest BCUT2D eigenvalue weighted by Crippen LogP contribution is -2.31. The van der Waals surface area contributed by atoms with Gasteiger partial charge in [-0.2, -0.15) is 0 Å². The van der Waals surface area contributed by atoms with Crippen molar-refractivity contribution in [1.29, 1.82) is 0 Å². The number of carbonyl (C=O) groups is 1. The number of hydrogen-bond donors (Lipinski definition) is 1. The summed E-state index contributed by atoms with van der Waals surface area (Å²) < 4.78 is 0. The van der Waals surface area contributed by atoms with E-state index in [4.69, 9.17) is 16.6 Å². The minimum absolute atomic E-state index is 0.284. The van der Waals surface area contributed by atoms with E-state index in [-0.39, 0.29) is 5.56 Å². The Labute approximate surface area is 192 Å². The molecule has 0 spiro atoms. The van der Waals surface area contributed by atoms with Crippen molar-refractivity contribution >= 4 is 23.1 Å². The minimum atomic E-state index is -0.919. The van der Waals surface area contributed by atoms with Gasteiger partial charge in [-0.25, -0.2) is 4.79 Å². The molecule has 3 aromatic rings. The first-order chi connectivity index (χ1) is 15.6. The van der Waals surface area contributed by atoms with Crippen LogP contribution in [0, 0.1) is 0 Å². The lowest BCUT2D eigenvalue weighted by molar-refractivity contribution is 0.0696. The monoisotopic (exact) mass is 445 g/mol. The number of piperidine rings is 1. The molecule has 1 aliphatic heterocycles. The molecule has 5 rings (SSSR count). The average molecular weight is 446 g/mol. The molecule has 2 aliphatic rings. The molecule has 1 fully saturated rings. The molecular weight excluding hydrogens is 422 g/mol. The highest BCUT2D eigenvalue weighted by Crippen LogP contribution is 2.38. The van der Waals surface area contributed by atoms with Crippen molar-refractivity contribution < 1.29 is 9.90 Å². The second-order valence-electron chi connectivity index (χ2n) is 8.41. The summed E-state index contributed by atoms with van der Waals surface area (Å²) in [7, 11) is 0. The van der Waals surface area contributed by atoms with E-state index >= 15 is 0 Å². The Kier molecular flexibility index (Phi) is 5.77. The smallest absolute Gasteiger partial charge is 0.335 e. The number of halogens is 1. The van der Waals surface area contributed by atoms with Crippen LogP contribution < -0.4 is 0 Å². The third kappa shape index (κ3) is 4.18. The molecule has 0 saturated carbocycles. The molecule has 1 N–H and O–H groups in total. The Morgan fingerprint density at radius 2 is 1.78 bits per heavy atom. The van der Waals surface area contributed by atoms with E-state index in [1.54, 1.807) is 12.3 Å². The van der Waals surface area contributed by atoms with Gasteiger partial charge in [-0.1, -0.05) is 29.3 Å². The van der Waals surface area contributed by atoms with Gasteiger partial charge in [-0.15, -0.1) is 0 Å². The maximum absolute atomic E-state index is 11.3. The van der Waals surface area contributed by atoms with Crippen molar-refractivity contribution in [3.05, 3.63) is 99.1 Å². The van der Waals surface area contributed by atoms with Crippen LogP contribution in [-0.2, 0) is 19.4 Å². The van der Waals surface area contributed by atoms with Crippen LogP contribution in [0.1, 0.15) is 51.3 Å². The van der Waals surface area contributed by atoms with Crippen molar-refractivity contribution in [2.24, 2.45) is 0 Å². The summed E-state index contributed by atoms with van der Waals surface area (Å²) in [6, 6.07) is 13.6. The molecule has 0 radical (unpaired) electrons. The number of carboxylic acid groups (broad SMARTS) is 1. The molecule has 0 amide bonds. The van der Waals surface area contributed by atoms with Gasteiger partial charge in [0, 0.05) is 42.6 Å². The first kappa shape index (κ1) is 20.9. The van der Waals surface area contributed by atoms with Gasteiger partial charge in [0.15, 0.2) is 0 Å². The number of aromatic carboxylic acids is 1. The average Bonchev–Trinajstić information content (AvgIpc) is 2.96. The van der Waals surface area contributed by atoms with Crippen molar-refractivity contribution in [2.75, 3.05) is 13.1 Å². The lowest BCUT2D eigenvalue weighted by Gasteiger charge is -2.30. The standard InChI is InChI=1S/C26H24ClN3O2/c27-21-5-6-23-19(14-21)4-3-18-2-1-10-29-25(18)24(23)17-8-12-30(13-9-17)16-22-15-20(26(31)32)7-11-28-22/h1-2,5-7,10-11,14-15H,3-4,8-9,12-13,16H2,(H,31,32). The molecule has 3 heterocycles. The summed E-state index contributed by atoms with van der Waals surface area (Å²) in [6.07, 6.45) is 7.29. The molecule has 1 aromatic carbocycles. The summed E-state index contributed by atoms with van der Waals surface area (Å²) in [5, 5.41) is 10.0. The largest absolute Gasteiger partial charge is 0.478 e. The zero-order valence-corrected chi connectivity index (χ0v) is 18.5. The Bertz CT molecular complexity index is 1210. The van der Waals surface area contributed by atoms with Crippen LogP contribution in [0.5, 0.6) is 0 Å². The van der Waals surface area contributed by atoms with Crippen LogP contribution in [0.15, 0.2) is 60.4 Å². The Balaban J connectivity index is 1.44. The maximum Gasteiger partial charge on any atom is 0.335 e. The Morgan fingerprint density at radius 1 is 0.969 bits per heavy atom. The third-order valence-corrected chi connectivity index (χ3v) is 6.63. The summed E-state index contributed by atoms with van der Waals surface area (Å²) in [6.45, 7) is 2.47. The van der Waals surface area contributed by atoms with E-state index in [1.807, 2.05) is 18.3 Å². The minimum Gasteiger partial charge on any atom is -0.478 e. The van der Waals surface area contributed by atoms with E-state index in [1.165, 1.54) is 33.9 Å². The van der Waals surface area contributed by atoms with Gasteiger partial charge in [-0.3, -0.25) is 14.9 Å². The summed E-state index contributed by atoms with van der Waals surface area (Å²) in [5.74, 6) is -0.919. The fourth-order valence-corrected chi connectivity index (χ4v) is 4.99. The number of rotatable bonds is 3. The summed E-state index contributed by atoms with van der Waals surface area (Å²) in [5.41, 5.74) is 8.72. The van der Waals surface area contributed by atoms with Crippen LogP contribution >= 0.6 is 11.6 Å². The van der Waals surface area contributed by atoms with Crippen molar-refractivity contribution in [3.8, 4) is 0 Å². The summed E-state index contributed by atoms with van der Waals surface area (Å²) in [4.78, 5) is 22.8. The van der Waals surface area contributed by atoms with Crippen LogP contribution in [0.2, 0.25) is 5.02 Å². The summed E-state index contributed by atoms with van der Waals surface area (Å²) >= 11 is 6.32. The molecule has 6 heteroatoms. The number of pyridine rings is 2. The molecule has 162 valence electrons. The normalized spacial score (nSPS) is 16.3. The van der Waals surface area contributed by atoms with Gasteiger partial charge in [0.2, 0.25) is 0 Å². The van der Waals surface area contributed by atoms with E-state index in [0.717, 1.165) is 55.2 Å². The molecule has 0 atom stereocenters. The third-order valence-electron chi connectivity index (χ3n) is 6.39. The van der Waals surface area contributed by atoms with Gasteiger partial charge in [0.05, 0.1) is 17.0 Å². The second-order valence-corrected chi connectivity index (χ2v) is 8.84. The van der Waals surface area contributed by atoms with E-state index in [0.29, 0.717) is 6.54 Å². The number of aromatic nitrogens is 2.